The summed E-state index contributed by atoms with van der Waals surface area (Å²) in [5.74, 6) is 0.303. The summed E-state index contributed by atoms with van der Waals surface area (Å²) >= 11 is 6.08. The Hall–Kier alpha value is -2.37. The van der Waals surface area contributed by atoms with Gasteiger partial charge < -0.3 is 14.7 Å². The molecule has 1 unspecified atom stereocenters. The van der Waals surface area contributed by atoms with Crippen LogP contribution in [0.4, 0.5) is 5.69 Å². The van der Waals surface area contributed by atoms with E-state index in [0.29, 0.717) is 22.2 Å². The number of ketones is 1. The number of Topliss-reactive ketones (excluding diaryl/α,β-unsaturated/α-hetero) is 1. The molecular weight excluding hydrogens is 390 g/mol. The third kappa shape index (κ3) is 4.16. The second-order valence-corrected chi connectivity index (χ2v) is 8.34. The summed E-state index contributed by atoms with van der Waals surface area (Å²) in [4.78, 5) is 26.2. The first-order chi connectivity index (χ1) is 13.6. The average Bonchev–Trinajstić information content (AvgIpc) is 2.82. The van der Waals surface area contributed by atoms with E-state index in [1.54, 1.807) is 18.2 Å². The topological polar surface area (TPSA) is 66.8 Å². The lowest BCUT2D eigenvalue weighted by Crippen LogP contribution is -2.43. The second-order valence-electron chi connectivity index (χ2n) is 7.90. The van der Waals surface area contributed by atoms with Crippen molar-refractivity contribution in [1.82, 2.24) is 0 Å². The van der Waals surface area contributed by atoms with E-state index in [9.17, 15) is 14.7 Å². The van der Waals surface area contributed by atoms with Crippen LogP contribution in [0.1, 0.15) is 49.8 Å². The Morgan fingerprint density at radius 2 is 1.97 bits per heavy atom. The lowest BCUT2D eigenvalue weighted by Gasteiger charge is -2.23. The van der Waals surface area contributed by atoms with Crippen LogP contribution in [0.2, 0.25) is 5.02 Å². The molecule has 0 saturated carbocycles. The lowest BCUT2D eigenvalue weighted by atomic mass is 9.90. The highest BCUT2D eigenvalue weighted by Crippen LogP contribution is 2.43. The molecule has 1 atom stereocenters. The summed E-state index contributed by atoms with van der Waals surface area (Å²) in [5.41, 5.74) is 1.23. The van der Waals surface area contributed by atoms with Crippen molar-refractivity contribution in [2.45, 2.75) is 45.6 Å². The molecule has 5 nitrogen and oxygen atoms in total. The summed E-state index contributed by atoms with van der Waals surface area (Å²) < 4.78 is 6.01. The smallest absolute Gasteiger partial charge is 0.264 e. The molecule has 0 fully saturated rings. The molecule has 2 aromatic rings. The molecule has 0 radical (unpaired) electrons. The molecule has 2 aromatic carbocycles. The number of ether oxygens (including phenoxy) is 1. The zero-order valence-corrected chi connectivity index (χ0v) is 17.9. The second kappa shape index (κ2) is 8.17. The zero-order valence-electron chi connectivity index (χ0n) is 17.2. The number of rotatable bonds is 7. The summed E-state index contributed by atoms with van der Waals surface area (Å²) in [7, 11) is 0. The summed E-state index contributed by atoms with van der Waals surface area (Å²) in [5, 5.41) is 11.4. The van der Waals surface area contributed by atoms with Crippen LogP contribution in [0.3, 0.4) is 0 Å². The number of carbonyl (C=O) groups excluding carboxylic acids is 2. The van der Waals surface area contributed by atoms with Crippen molar-refractivity contribution in [2.75, 3.05) is 18.1 Å². The van der Waals surface area contributed by atoms with Gasteiger partial charge in [0, 0.05) is 17.0 Å². The molecule has 0 bridgehead atoms. The molecule has 1 aliphatic rings. The van der Waals surface area contributed by atoms with Gasteiger partial charge >= 0.3 is 0 Å². The third-order valence-corrected chi connectivity index (χ3v) is 5.40. The van der Waals surface area contributed by atoms with Crippen molar-refractivity contribution in [2.24, 2.45) is 0 Å². The van der Waals surface area contributed by atoms with Crippen LogP contribution in [0.15, 0.2) is 36.4 Å². The van der Waals surface area contributed by atoms with Gasteiger partial charge in [0.05, 0.1) is 12.2 Å². The zero-order chi connectivity index (χ0) is 21.3. The van der Waals surface area contributed by atoms with Crippen molar-refractivity contribution in [3.8, 4) is 5.75 Å². The number of halogens is 1. The Morgan fingerprint density at radius 3 is 2.62 bits per heavy atom. The van der Waals surface area contributed by atoms with Crippen molar-refractivity contribution in [3.05, 3.63) is 58.1 Å². The van der Waals surface area contributed by atoms with Gasteiger partial charge in [0.2, 0.25) is 0 Å². The Morgan fingerprint density at radius 1 is 1.24 bits per heavy atom. The van der Waals surface area contributed by atoms with Crippen LogP contribution in [0.5, 0.6) is 5.75 Å². The Labute approximate surface area is 176 Å². The van der Waals surface area contributed by atoms with Crippen LogP contribution in [-0.4, -0.2) is 29.9 Å². The van der Waals surface area contributed by atoms with Gasteiger partial charge in [0.15, 0.2) is 5.60 Å². The van der Waals surface area contributed by atoms with E-state index in [1.165, 1.54) is 11.8 Å². The van der Waals surface area contributed by atoms with Gasteiger partial charge in [0.25, 0.3) is 5.91 Å². The van der Waals surface area contributed by atoms with E-state index >= 15 is 0 Å². The molecule has 0 aliphatic carbocycles. The highest BCUT2D eigenvalue weighted by molar-refractivity contribution is 6.31. The van der Waals surface area contributed by atoms with Gasteiger partial charge in [-0.15, -0.1) is 0 Å². The fourth-order valence-corrected chi connectivity index (χ4v) is 3.94. The normalized spacial score (nSPS) is 18.3. The van der Waals surface area contributed by atoms with Gasteiger partial charge in [-0.25, -0.2) is 0 Å². The highest BCUT2D eigenvalue weighted by atomic mass is 35.5. The first-order valence-corrected chi connectivity index (χ1v) is 10.1. The third-order valence-electron chi connectivity index (χ3n) is 5.16. The minimum atomic E-state index is -1.89. The van der Waals surface area contributed by atoms with Crippen molar-refractivity contribution >= 4 is 29.0 Å². The molecule has 1 amide bonds. The Bertz CT molecular complexity index is 956. The minimum Gasteiger partial charge on any atom is -0.491 e. The van der Waals surface area contributed by atoms with Crippen LogP contribution < -0.4 is 9.64 Å². The number of nitrogens with zero attached hydrogens (tertiary/aromatic N) is 1. The maximum Gasteiger partial charge on any atom is 0.264 e. The first-order valence-electron chi connectivity index (χ1n) is 9.70. The molecule has 1 N–H and O–H groups in total. The fraction of sp³-hybridized carbons (Fsp3) is 0.391. The molecule has 0 aromatic heterocycles. The van der Waals surface area contributed by atoms with Gasteiger partial charge in [-0.05, 0) is 55.2 Å². The average molecular weight is 416 g/mol. The Balaban J connectivity index is 1.83. The van der Waals surface area contributed by atoms with Gasteiger partial charge in [0.1, 0.15) is 18.1 Å². The summed E-state index contributed by atoms with van der Waals surface area (Å²) in [6, 6.07) is 11.0. The number of hydrogen-bond acceptors (Lipinski definition) is 4. The Kier molecular flexibility index (Phi) is 6.01. The quantitative estimate of drug-likeness (QED) is 0.729. The van der Waals surface area contributed by atoms with Gasteiger partial charge in [-0.3, -0.25) is 9.59 Å². The number of benzene rings is 2. The predicted molar refractivity (Wildman–Crippen MR) is 114 cm³/mol. The fourth-order valence-electron chi connectivity index (χ4n) is 3.77. The predicted octanol–water partition coefficient (Wildman–Crippen LogP) is 4.36. The highest BCUT2D eigenvalue weighted by Gasteiger charge is 2.50. The molecule has 0 spiro atoms. The summed E-state index contributed by atoms with van der Waals surface area (Å²) in [6.45, 7) is 8.06. The van der Waals surface area contributed by atoms with Crippen LogP contribution in [0, 0.1) is 6.92 Å². The number of carbonyl (C=O) groups is 2. The SMILES string of the molecule is CC(=O)CC1(O)C(=O)N(CCOc2cc(C)ccc2C(C)C)c2ccc(Cl)cc21. The monoisotopic (exact) mass is 415 g/mol. The van der Waals surface area contributed by atoms with Crippen molar-refractivity contribution in [1.29, 1.82) is 0 Å². The van der Waals surface area contributed by atoms with Crippen LogP contribution in [0.25, 0.3) is 0 Å². The van der Waals surface area contributed by atoms with Crippen molar-refractivity contribution < 1.29 is 19.4 Å². The van der Waals surface area contributed by atoms with E-state index in [4.69, 9.17) is 16.3 Å². The minimum absolute atomic E-state index is 0.249. The molecule has 1 heterocycles. The molecule has 1 aliphatic heterocycles. The number of amides is 1. The van der Waals surface area contributed by atoms with E-state index in [-0.39, 0.29) is 25.4 Å². The number of anilines is 1. The van der Waals surface area contributed by atoms with Crippen LogP contribution in [-0.2, 0) is 15.2 Å². The molecule has 0 saturated heterocycles. The molecular formula is C23H26ClNO4. The van der Waals surface area contributed by atoms with Crippen molar-refractivity contribution in [3.63, 3.8) is 0 Å². The standard InChI is InChI=1S/C23H26ClNO4/c1-14(2)18-7-5-15(3)11-21(18)29-10-9-25-20-8-6-17(24)12-19(20)23(28,22(25)27)13-16(4)26/h5-8,11-12,14,28H,9-10,13H2,1-4H3. The van der Waals surface area contributed by atoms with E-state index in [1.807, 2.05) is 19.1 Å². The van der Waals surface area contributed by atoms with Crippen LogP contribution >= 0.6 is 11.6 Å². The number of aliphatic hydroxyl groups is 1. The number of hydrogen-bond donors (Lipinski definition) is 1. The number of fused-ring (bicyclic) bond motifs is 1. The summed E-state index contributed by atoms with van der Waals surface area (Å²) in [6.07, 6.45) is -0.286. The maximum absolute atomic E-state index is 13.0. The van der Waals surface area contributed by atoms with E-state index < -0.39 is 11.5 Å². The molecule has 29 heavy (non-hydrogen) atoms. The van der Waals surface area contributed by atoms with Gasteiger partial charge in [-0.2, -0.15) is 0 Å². The van der Waals surface area contributed by atoms with Gasteiger partial charge in [-0.1, -0.05) is 37.6 Å². The largest absolute Gasteiger partial charge is 0.491 e. The van der Waals surface area contributed by atoms with E-state index in [0.717, 1.165) is 16.9 Å². The molecule has 6 heteroatoms. The van der Waals surface area contributed by atoms with E-state index in [2.05, 4.69) is 19.9 Å². The maximum atomic E-state index is 13.0. The molecule has 3 rings (SSSR count). The number of aryl methyl sites for hydroxylation is 1. The lowest BCUT2D eigenvalue weighted by molar-refractivity contribution is -0.141. The first kappa shape index (κ1) is 21.3. The molecule has 154 valence electrons.